The van der Waals surface area contributed by atoms with Crippen molar-refractivity contribution in [3.63, 3.8) is 0 Å². The van der Waals surface area contributed by atoms with Crippen molar-refractivity contribution in [1.82, 2.24) is 10.2 Å². The molecule has 2 aromatic rings. The van der Waals surface area contributed by atoms with Crippen LogP contribution in [-0.2, 0) is 5.41 Å². The molecular formula is C27H38N2O2. The Bertz CT molecular complexity index is 829. The third kappa shape index (κ3) is 6.57. The minimum Gasteiger partial charge on any atom is -0.491 e. The van der Waals surface area contributed by atoms with Gasteiger partial charge in [0.2, 0.25) is 0 Å². The van der Waals surface area contributed by atoms with Crippen LogP contribution in [0.2, 0.25) is 0 Å². The van der Waals surface area contributed by atoms with Crippen molar-refractivity contribution in [1.29, 1.82) is 0 Å². The molecule has 1 saturated heterocycles. The molecule has 4 heteroatoms. The normalized spacial score (nSPS) is 16.2. The Morgan fingerprint density at radius 2 is 1.58 bits per heavy atom. The van der Waals surface area contributed by atoms with Crippen LogP contribution in [-0.4, -0.2) is 36.5 Å². The van der Waals surface area contributed by atoms with Crippen LogP contribution < -0.4 is 10.1 Å². The number of hydrogen-bond donors (Lipinski definition) is 1. The molecule has 3 rings (SSSR count). The molecule has 0 aliphatic carbocycles. The van der Waals surface area contributed by atoms with Crippen LogP contribution in [0, 0.1) is 0 Å². The zero-order valence-corrected chi connectivity index (χ0v) is 19.8. The van der Waals surface area contributed by atoms with Gasteiger partial charge in [-0.2, -0.15) is 0 Å². The minimum absolute atomic E-state index is 0.0376. The van der Waals surface area contributed by atoms with Gasteiger partial charge in [0.15, 0.2) is 0 Å². The van der Waals surface area contributed by atoms with Crippen LogP contribution in [0.15, 0.2) is 48.5 Å². The van der Waals surface area contributed by atoms with Crippen molar-refractivity contribution in [2.45, 2.75) is 71.4 Å². The van der Waals surface area contributed by atoms with Crippen LogP contribution in [0.5, 0.6) is 5.75 Å². The van der Waals surface area contributed by atoms with Crippen LogP contribution in [0.3, 0.4) is 0 Å². The highest BCUT2D eigenvalue weighted by atomic mass is 16.5. The van der Waals surface area contributed by atoms with E-state index in [-0.39, 0.29) is 23.5 Å². The Morgan fingerprint density at radius 1 is 0.968 bits per heavy atom. The van der Waals surface area contributed by atoms with Gasteiger partial charge in [-0.1, -0.05) is 51.5 Å². The Morgan fingerprint density at radius 3 is 2.13 bits per heavy atom. The topological polar surface area (TPSA) is 41.6 Å². The highest BCUT2D eigenvalue weighted by Crippen LogP contribution is 2.28. The summed E-state index contributed by atoms with van der Waals surface area (Å²) in [4.78, 5) is 15.3. The van der Waals surface area contributed by atoms with Gasteiger partial charge in [-0.25, -0.2) is 0 Å². The van der Waals surface area contributed by atoms with E-state index >= 15 is 0 Å². The number of likely N-dealkylation sites (tertiary alicyclic amines) is 1. The number of amides is 1. The molecule has 0 aromatic heterocycles. The molecule has 1 atom stereocenters. The largest absolute Gasteiger partial charge is 0.491 e. The summed E-state index contributed by atoms with van der Waals surface area (Å²) in [5.41, 5.74) is 3.41. The Balaban J connectivity index is 1.70. The Labute approximate surface area is 188 Å². The summed E-state index contributed by atoms with van der Waals surface area (Å²) in [6.07, 6.45) is 3.86. The van der Waals surface area contributed by atoms with Crippen molar-refractivity contribution in [3.05, 3.63) is 65.2 Å². The number of nitrogens with one attached hydrogen (secondary N) is 1. The number of rotatable bonds is 7. The quantitative estimate of drug-likeness (QED) is 0.620. The fraction of sp³-hybridized carbons (Fsp3) is 0.519. The van der Waals surface area contributed by atoms with E-state index in [4.69, 9.17) is 4.74 Å². The van der Waals surface area contributed by atoms with Gasteiger partial charge in [0.05, 0.1) is 12.1 Å². The molecule has 4 nitrogen and oxygen atoms in total. The summed E-state index contributed by atoms with van der Waals surface area (Å²) >= 11 is 0. The second-order valence-electron chi connectivity index (χ2n) is 9.89. The maximum atomic E-state index is 12.8. The van der Waals surface area contributed by atoms with Gasteiger partial charge in [0.1, 0.15) is 5.75 Å². The van der Waals surface area contributed by atoms with Crippen LogP contribution in [0.4, 0.5) is 0 Å². The summed E-state index contributed by atoms with van der Waals surface area (Å²) in [5.74, 6) is 0.751. The van der Waals surface area contributed by atoms with E-state index in [1.54, 1.807) is 0 Å². The fourth-order valence-corrected chi connectivity index (χ4v) is 4.14. The molecule has 1 unspecified atom stereocenters. The second kappa shape index (κ2) is 10.3. The smallest absolute Gasteiger partial charge is 0.251 e. The summed E-state index contributed by atoms with van der Waals surface area (Å²) in [7, 11) is 0. The monoisotopic (exact) mass is 422 g/mol. The lowest BCUT2D eigenvalue weighted by Gasteiger charge is -2.35. The molecule has 0 radical (unpaired) electrons. The molecule has 1 aliphatic heterocycles. The molecule has 1 amide bonds. The summed E-state index contributed by atoms with van der Waals surface area (Å²) in [6.45, 7) is 13.5. The lowest BCUT2D eigenvalue weighted by Crippen LogP contribution is -2.40. The molecule has 1 fully saturated rings. The van der Waals surface area contributed by atoms with E-state index in [1.807, 2.05) is 38.1 Å². The molecular weight excluding hydrogens is 384 g/mol. The van der Waals surface area contributed by atoms with Crippen molar-refractivity contribution in [2.24, 2.45) is 0 Å². The highest BCUT2D eigenvalue weighted by Gasteiger charge is 2.24. The molecule has 0 spiro atoms. The number of piperidine rings is 1. The summed E-state index contributed by atoms with van der Waals surface area (Å²) in [6, 6.07) is 16.5. The van der Waals surface area contributed by atoms with Crippen LogP contribution >= 0.6 is 0 Å². The van der Waals surface area contributed by atoms with Crippen LogP contribution in [0.1, 0.15) is 81.4 Å². The third-order valence-corrected chi connectivity index (χ3v) is 5.94. The number of nitrogens with zero attached hydrogens (tertiary/aromatic N) is 1. The maximum absolute atomic E-state index is 12.8. The number of carbonyl (C=O) groups is 1. The molecule has 2 aromatic carbocycles. The van der Waals surface area contributed by atoms with Crippen LogP contribution in [0.25, 0.3) is 0 Å². The Kier molecular flexibility index (Phi) is 7.77. The standard InChI is InChI=1S/C27H38N2O2/c1-20(2)31-24-15-11-22(12-16-24)26(30)28-19-25(29-17-7-6-8-18-29)21-9-13-23(14-10-21)27(3,4)5/h9-16,20,25H,6-8,17-19H2,1-5H3,(H,28,30). The van der Waals surface area contributed by atoms with E-state index in [2.05, 4.69) is 55.3 Å². The van der Waals surface area contributed by atoms with Gasteiger partial charge in [-0.15, -0.1) is 0 Å². The van der Waals surface area contributed by atoms with E-state index < -0.39 is 0 Å². The third-order valence-electron chi connectivity index (χ3n) is 5.94. The first-order valence-corrected chi connectivity index (χ1v) is 11.6. The van der Waals surface area contributed by atoms with E-state index in [9.17, 15) is 4.79 Å². The summed E-state index contributed by atoms with van der Waals surface area (Å²) < 4.78 is 5.68. The van der Waals surface area contributed by atoms with E-state index in [0.717, 1.165) is 18.8 Å². The zero-order valence-electron chi connectivity index (χ0n) is 19.8. The van der Waals surface area contributed by atoms with Crippen molar-refractivity contribution >= 4 is 5.91 Å². The molecule has 1 heterocycles. The average molecular weight is 423 g/mol. The first-order valence-electron chi connectivity index (χ1n) is 11.6. The van der Waals surface area contributed by atoms with E-state index in [0.29, 0.717) is 12.1 Å². The fourth-order valence-electron chi connectivity index (χ4n) is 4.14. The first-order chi connectivity index (χ1) is 14.7. The predicted molar refractivity (Wildman–Crippen MR) is 128 cm³/mol. The van der Waals surface area contributed by atoms with Gasteiger partial charge in [0.25, 0.3) is 5.91 Å². The second-order valence-corrected chi connectivity index (χ2v) is 9.89. The van der Waals surface area contributed by atoms with Crippen molar-refractivity contribution in [2.75, 3.05) is 19.6 Å². The molecule has 0 saturated carbocycles. The number of hydrogen-bond acceptors (Lipinski definition) is 3. The molecule has 1 aliphatic rings. The van der Waals surface area contributed by atoms with Gasteiger partial charge in [-0.05, 0) is 80.6 Å². The first kappa shape index (κ1) is 23.3. The average Bonchev–Trinajstić information content (AvgIpc) is 2.74. The Hall–Kier alpha value is -2.33. The van der Waals surface area contributed by atoms with Gasteiger partial charge in [-0.3, -0.25) is 9.69 Å². The van der Waals surface area contributed by atoms with E-state index in [1.165, 1.54) is 30.4 Å². The zero-order chi connectivity index (χ0) is 22.4. The number of ether oxygens (including phenoxy) is 1. The molecule has 168 valence electrons. The van der Waals surface area contributed by atoms with Crippen molar-refractivity contribution < 1.29 is 9.53 Å². The van der Waals surface area contributed by atoms with Gasteiger partial charge in [0, 0.05) is 12.1 Å². The van der Waals surface area contributed by atoms with Gasteiger partial charge < -0.3 is 10.1 Å². The molecule has 0 bridgehead atoms. The SMILES string of the molecule is CC(C)Oc1ccc(C(=O)NCC(c2ccc(C(C)(C)C)cc2)N2CCCCC2)cc1. The minimum atomic E-state index is -0.0376. The predicted octanol–water partition coefficient (Wildman–Crippen LogP) is 5.73. The maximum Gasteiger partial charge on any atom is 0.251 e. The summed E-state index contributed by atoms with van der Waals surface area (Å²) in [5, 5.41) is 3.18. The van der Waals surface area contributed by atoms with Crippen molar-refractivity contribution in [3.8, 4) is 5.75 Å². The lowest BCUT2D eigenvalue weighted by atomic mass is 9.86. The highest BCUT2D eigenvalue weighted by molar-refractivity contribution is 5.94. The van der Waals surface area contributed by atoms with Gasteiger partial charge >= 0.3 is 0 Å². The molecule has 31 heavy (non-hydrogen) atoms. The number of carbonyl (C=O) groups excluding carboxylic acids is 1. The number of benzene rings is 2. The molecule has 1 N–H and O–H groups in total. The lowest BCUT2D eigenvalue weighted by molar-refractivity contribution is 0.0924.